The van der Waals surface area contributed by atoms with Crippen LogP contribution in [0, 0.1) is 6.92 Å². The van der Waals surface area contributed by atoms with Crippen LogP contribution in [0.1, 0.15) is 52.8 Å². The minimum atomic E-state index is -0.143. The zero-order valence-corrected chi connectivity index (χ0v) is 20.2. The van der Waals surface area contributed by atoms with E-state index in [2.05, 4.69) is 15.5 Å². The van der Waals surface area contributed by atoms with Crippen molar-refractivity contribution in [2.75, 3.05) is 32.6 Å². The summed E-state index contributed by atoms with van der Waals surface area (Å²) in [6.07, 6.45) is 0.364. The Kier molecular flexibility index (Phi) is 6.74. The van der Waals surface area contributed by atoms with Gasteiger partial charge in [0.05, 0.1) is 32.3 Å². The maximum Gasteiger partial charge on any atom is 0.259 e. The molecule has 3 aromatic rings. The molecule has 0 fully saturated rings. The Morgan fingerprint density at radius 3 is 2.82 bits per heavy atom. The Labute approximate surface area is 198 Å². The molecule has 9 nitrogen and oxygen atoms in total. The first-order valence-corrected chi connectivity index (χ1v) is 11.3. The Balaban J connectivity index is 1.42. The molecule has 9 heteroatoms. The third-order valence-electron chi connectivity index (χ3n) is 5.84. The molecule has 2 N–H and O–H groups in total. The van der Waals surface area contributed by atoms with E-state index in [1.54, 1.807) is 18.0 Å². The lowest BCUT2D eigenvalue weighted by Crippen LogP contribution is -2.30. The van der Waals surface area contributed by atoms with Crippen LogP contribution in [0.25, 0.3) is 11.1 Å². The van der Waals surface area contributed by atoms with Gasteiger partial charge in [-0.2, -0.15) is 0 Å². The van der Waals surface area contributed by atoms with Gasteiger partial charge in [-0.15, -0.1) is 0 Å². The van der Waals surface area contributed by atoms with Crippen molar-refractivity contribution in [3.63, 3.8) is 0 Å². The minimum Gasteiger partial charge on any atom is -0.482 e. The molecule has 1 aliphatic rings. The molecule has 0 spiro atoms. The molecular weight excluding hydrogens is 436 g/mol. The molecular formula is C25H30N4O5. The number of methoxy groups -OCH3 is 1. The summed E-state index contributed by atoms with van der Waals surface area (Å²) in [6.45, 7) is 6.95. The summed E-state index contributed by atoms with van der Waals surface area (Å²) in [5.74, 6) is 1.22. The molecule has 1 aliphatic heterocycles. The summed E-state index contributed by atoms with van der Waals surface area (Å²) in [7, 11) is 3.26. The third-order valence-corrected chi connectivity index (χ3v) is 5.84. The smallest absolute Gasteiger partial charge is 0.259 e. The van der Waals surface area contributed by atoms with Crippen LogP contribution < -0.4 is 10.1 Å². The lowest BCUT2D eigenvalue weighted by Gasteiger charge is -2.17. The SMILES string of the molecule is COc1[nH]c(C)cc1C(=O)N(C)CCOCc1noc(C(C)C)c1-c1ccc2c(c1)CC(=O)N2. The molecule has 4 rings (SSSR count). The topological polar surface area (TPSA) is 110 Å². The van der Waals surface area contributed by atoms with Gasteiger partial charge in [0.2, 0.25) is 11.8 Å². The van der Waals surface area contributed by atoms with Gasteiger partial charge < -0.3 is 29.2 Å². The molecule has 0 atom stereocenters. The maximum absolute atomic E-state index is 12.7. The van der Waals surface area contributed by atoms with E-state index in [1.807, 2.05) is 39.0 Å². The highest BCUT2D eigenvalue weighted by molar-refractivity contribution is 5.99. The van der Waals surface area contributed by atoms with Crippen LogP contribution in [0.4, 0.5) is 5.69 Å². The Morgan fingerprint density at radius 1 is 1.29 bits per heavy atom. The number of H-pyrrole nitrogens is 1. The number of nitrogens with zero attached hydrogens (tertiary/aromatic N) is 2. The van der Waals surface area contributed by atoms with E-state index in [-0.39, 0.29) is 24.3 Å². The van der Waals surface area contributed by atoms with Gasteiger partial charge in [-0.05, 0) is 36.2 Å². The molecule has 2 amide bonds. The summed E-state index contributed by atoms with van der Waals surface area (Å²) >= 11 is 0. The normalized spacial score (nSPS) is 12.7. The fourth-order valence-electron chi connectivity index (χ4n) is 4.09. The molecule has 0 bridgehead atoms. The van der Waals surface area contributed by atoms with Crippen molar-refractivity contribution in [3.05, 3.63) is 52.5 Å². The van der Waals surface area contributed by atoms with Crippen LogP contribution in [0.2, 0.25) is 0 Å². The van der Waals surface area contributed by atoms with Crippen molar-refractivity contribution in [2.45, 2.75) is 39.7 Å². The van der Waals surface area contributed by atoms with E-state index in [4.69, 9.17) is 14.0 Å². The fraction of sp³-hybridized carbons (Fsp3) is 0.400. The van der Waals surface area contributed by atoms with Crippen molar-refractivity contribution in [2.24, 2.45) is 0 Å². The number of aromatic amines is 1. The van der Waals surface area contributed by atoms with E-state index < -0.39 is 0 Å². The molecule has 0 radical (unpaired) electrons. The van der Waals surface area contributed by atoms with Gasteiger partial charge in [-0.1, -0.05) is 25.1 Å². The minimum absolute atomic E-state index is 0.00352. The summed E-state index contributed by atoms with van der Waals surface area (Å²) in [5.41, 5.74) is 5.69. The van der Waals surface area contributed by atoms with Gasteiger partial charge in [0.1, 0.15) is 17.0 Å². The average molecular weight is 467 g/mol. The lowest BCUT2D eigenvalue weighted by molar-refractivity contribution is -0.115. The number of aromatic nitrogens is 2. The Hall–Kier alpha value is -3.59. The van der Waals surface area contributed by atoms with Crippen LogP contribution in [-0.2, 0) is 22.6 Å². The van der Waals surface area contributed by atoms with Crippen LogP contribution in [0.3, 0.4) is 0 Å². The van der Waals surface area contributed by atoms with E-state index >= 15 is 0 Å². The Morgan fingerprint density at radius 2 is 2.09 bits per heavy atom. The molecule has 0 saturated carbocycles. The summed E-state index contributed by atoms with van der Waals surface area (Å²) in [6, 6.07) is 7.65. The zero-order chi connectivity index (χ0) is 24.4. The number of rotatable bonds is 9. The predicted molar refractivity (Wildman–Crippen MR) is 127 cm³/mol. The summed E-state index contributed by atoms with van der Waals surface area (Å²) in [4.78, 5) is 29.1. The van der Waals surface area contributed by atoms with Crippen LogP contribution in [0.5, 0.6) is 5.88 Å². The van der Waals surface area contributed by atoms with Crippen molar-refractivity contribution >= 4 is 17.5 Å². The van der Waals surface area contributed by atoms with Gasteiger partial charge in [0.15, 0.2) is 0 Å². The fourth-order valence-corrected chi connectivity index (χ4v) is 4.09. The monoisotopic (exact) mass is 466 g/mol. The third kappa shape index (κ3) is 4.70. The lowest BCUT2D eigenvalue weighted by atomic mass is 9.96. The van der Waals surface area contributed by atoms with Crippen LogP contribution >= 0.6 is 0 Å². The first-order valence-electron chi connectivity index (χ1n) is 11.3. The van der Waals surface area contributed by atoms with E-state index in [9.17, 15) is 9.59 Å². The number of fused-ring (bicyclic) bond motifs is 1. The zero-order valence-electron chi connectivity index (χ0n) is 20.2. The van der Waals surface area contributed by atoms with Crippen molar-refractivity contribution in [3.8, 4) is 17.0 Å². The largest absolute Gasteiger partial charge is 0.482 e. The standard InChI is InChI=1S/C25H30N4O5/c1-14(2)23-22(16-6-7-19-17(11-16)12-21(30)27-19)20(28-34-23)13-33-9-8-29(4)25(31)18-10-15(3)26-24(18)32-5/h6-7,10-11,14,26H,8-9,12-13H2,1-5H3,(H,27,30). The van der Waals surface area contributed by atoms with Crippen LogP contribution in [0.15, 0.2) is 28.8 Å². The number of hydrogen-bond donors (Lipinski definition) is 2. The number of aryl methyl sites for hydroxylation is 1. The van der Waals surface area contributed by atoms with Gasteiger partial charge >= 0.3 is 0 Å². The predicted octanol–water partition coefficient (Wildman–Crippen LogP) is 3.89. The number of carbonyl (C=O) groups is 2. The molecule has 0 aliphatic carbocycles. The van der Waals surface area contributed by atoms with E-state index in [0.717, 1.165) is 33.8 Å². The molecule has 2 aromatic heterocycles. The second-order valence-electron chi connectivity index (χ2n) is 8.80. The molecule has 34 heavy (non-hydrogen) atoms. The number of amides is 2. The molecule has 3 heterocycles. The number of likely N-dealkylation sites (N-methyl/N-ethyl adjacent to an activating group) is 1. The molecule has 180 valence electrons. The van der Waals surface area contributed by atoms with Crippen molar-refractivity contribution < 1.29 is 23.6 Å². The first kappa shape index (κ1) is 23.6. The number of anilines is 1. The number of ether oxygens (including phenoxy) is 2. The second-order valence-corrected chi connectivity index (χ2v) is 8.80. The highest BCUT2D eigenvalue weighted by atomic mass is 16.5. The van der Waals surface area contributed by atoms with Gasteiger partial charge in [-0.25, -0.2) is 0 Å². The highest BCUT2D eigenvalue weighted by Gasteiger charge is 2.24. The molecule has 1 aromatic carbocycles. The first-order chi connectivity index (χ1) is 16.3. The van der Waals surface area contributed by atoms with Crippen molar-refractivity contribution in [1.82, 2.24) is 15.0 Å². The van der Waals surface area contributed by atoms with E-state index in [0.29, 0.717) is 36.7 Å². The molecule has 0 unspecified atom stereocenters. The number of benzene rings is 1. The average Bonchev–Trinajstić information content (AvgIpc) is 3.50. The quantitative estimate of drug-likeness (QED) is 0.463. The van der Waals surface area contributed by atoms with Gasteiger partial charge in [-0.3, -0.25) is 9.59 Å². The summed E-state index contributed by atoms with van der Waals surface area (Å²) in [5, 5.41) is 7.12. The van der Waals surface area contributed by atoms with E-state index in [1.165, 1.54) is 7.11 Å². The maximum atomic E-state index is 12.7. The van der Waals surface area contributed by atoms with Crippen LogP contribution in [-0.4, -0.2) is 54.2 Å². The van der Waals surface area contributed by atoms with Gasteiger partial charge in [0, 0.05) is 30.9 Å². The summed E-state index contributed by atoms with van der Waals surface area (Å²) < 4.78 is 16.8. The number of hydrogen-bond acceptors (Lipinski definition) is 6. The highest BCUT2D eigenvalue weighted by Crippen LogP contribution is 2.36. The van der Waals surface area contributed by atoms with Crippen molar-refractivity contribution in [1.29, 1.82) is 0 Å². The van der Waals surface area contributed by atoms with Gasteiger partial charge in [0.25, 0.3) is 5.91 Å². The number of carbonyl (C=O) groups excluding carboxylic acids is 2. The second kappa shape index (κ2) is 9.72. The molecule has 0 saturated heterocycles. The Bertz CT molecular complexity index is 1210. The number of nitrogens with one attached hydrogen (secondary N) is 2.